The molecule has 0 bridgehead atoms. The van der Waals surface area contributed by atoms with Gasteiger partial charge in [0.2, 0.25) is 5.91 Å². The van der Waals surface area contributed by atoms with E-state index in [1.54, 1.807) is 23.1 Å². The molecular formula is C23H37N5O4. The van der Waals surface area contributed by atoms with E-state index in [2.05, 4.69) is 15.6 Å². The Morgan fingerprint density at radius 1 is 1.28 bits per heavy atom. The predicted octanol–water partition coefficient (Wildman–Crippen LogP) is 2.60. The Morgan fingerprint density at radius 2 is 1.97 bits per heavy atom. The SMILES string of the molecule is CCNC(=NCc1cccc(C(N)=O)c1)NCC1C(C)OC(C)(C)N1C(=O)OC(C)(C)C. The van der Waals surface area contributed by atoms with Crippen molar-refractivity contribution < 1.29 is 19.1 Å². The average Bonchev–Trinajstić information content (AvgIpc) is 2.90. The van der Waals surface area contributed by atoms with Crippen LogP contribution in [0.1, 0.15) is 64.4 Å². The van der Waals surface area contributed by atoms with Crippen molar-refractivity contribution in [3.8, 4) is 0 Å². The third-order valence-corrected chi connectivity index (χ3v) is 4.97. The molecule has 0 saturated carbocycles. The highest BCUT2D eigenvalue weighted by molar-refractivity contribution is 5.92. The lowest BCUT2D eigenvalue weighted by Crippen LogP contribution is -2.54. The molecule has 0 aromatic heterocycles. The van der Waals surface area contributed by atoms with Crippen LogP contribution >= 0.6 is 0 Å². The number of aliphatic imine (C=N–C) groups is 1. The quantitative estimate of drug-likeness (QED) is 0.456. The minimum absolute atomic E-state index is 0.194. The molecule has 1 saturated heterocycles. The van der Waals surface area contributed by atoms with Gasteiger partial charge in [-0.1, -0.05) is 12.1 Å². The average molecular weight is 448 g/mol. The van der Waals surface area contributed by atoms with Crippen LogP contribution in [0.3, 0.4) is 0 Å². The van der Waals surface area contributed by atoms with Crippen LogP contribution in [0.5, 0.6) is 0 Å². The summed E-state index contributed by atoms with van der Waals surface area (Å²) < 4.78 is 11.7. The number of ether oxygens (including phenoxy) is 2. The third-order valence-electron chi connectivity index (χ3n) is 4.97. The number of guanidine groups is 1. The molecule has 9 nitrogen and oxygen atoms in total. The Hall–Kier alpha value is -2.81. The van der Waals surface area contributed by atoms with Gasteiger partial charge in [-0.15, -0.1) is 0 Å². The number of amides is 2. The lowest BCUT2D eigenvalue weighted by atomic mass is 10.1. The van der Waals surface area contributed by atoms with Gasteiger partial charge in [-0.05, 0) is 66.2 Å². The molecule has 1 aliphatic rings. The second kappa shape index (κ2) is 10.2. The number of carbonyl (C=O) groups is 2. The molecule has 2 atom stereocenters. The number of carbonyl (C=O) groups excluding carboxylic acids is 2. The molecule has 1 aromatic carbocycles. The number of hydrogen-bond acceptors (Lipinski definition) is 5. The van der Waals surface area contributed by atoms with Crippen molar-refractivity contribution in [2.24, 2.45) is 10.7 Å². The number of rotatable bonds is 6. The number of primary amides is 1. The van der Waals surface area contributed by atoms with E-state index >= 15 is 0 Å². The molecule has 1 aliphatic heterocycles. The summed E-state index contributed by atoms with van der Waals surface area (Å²) in [6.07, 6.45) is -0.607. The summed E-state index contributed by atoms with van der Waals surface area (Å²) in [5, 5.41) is 6.51. The number of nitrogens with zero attached hydrogens (tertiary/aromatic N) is 2. The Bertz CT molecular complexity index is 847. The van der Waals surface area contributed by atoms with Gasteiger partial charge in [0.25, 0.3) is 0 Å². The summed E-state index contributed by atoms with van der Waals surface area (Å²) in [6, 6.07) is 6.83. The van der Waals surface area contributed by atoms with Crippen molar-refractivity contribution >= 4 is 18.0 Å². The molecule has 0 radical (unpaired) electrons. The van der Waals surface area contributed by atoms with Gasteiger partial charge >= 0.3 is 6.09 Å². The summed E-state index contributed by atoms with van der Waals surface area (Å²) >= 11 is 0. The molecule has 1 heterocycles. The molecule has 1 fully saturated rings. The van der Waals surface area contributed by atoms with Gasteiger partial charge in [0, 0.05) is 18.7 Å². The summed E-state index contributed by atoms with van der Waals surface area (Å²) in [6.45, 7) is 14.6. The first-order valence-electron chi connectivity index (χ1n) is 10.9. The summed E-state index contributed by atoms with van der Waals surface area (Å²) in [5.74, 6) is 0.124. The molecule has 2 rings (SSSR count). The zero-order valence-corrected chi connectivity index (χ0v) is 20.2. The summed E-state index contributed by atoms with van der Waals surface area (Å²) in [7, 11) is 0. The van der Waals surface area contributed by atoms with Crippen LogP contribution in [-0.2, 0) is 16.0 Å². The van der Waals surface area contributed by atoms with E-state index in [1.165, 1.54) is 0 Å². The fourth-order valence-electron chi connectivity index (χ4n) is 3.66. The maximum Gasteiger partial charge on any atom is 0.412 e. The summed E-state index contributed by atoms with van der Waals surface area (Å²) in [5.41, 5.74) is 5.28. The van der Waals surface area contributed by atoms with Crippen LogP contribution < -0.4 is 16.4 Å². The van der Waals surface area contributed by atoms with Gasteiger partial charge in [-0.25, -0.2) is 9.79 Å². The normalized spacial score (nSPS) is 20.7. The molecule has 2 amide bonds. The minimum atomic E-state index is -0.793. The number of hydrogen-bond donors (Lipinski definition) is 3. The monoisotopic (exact) mass is 447 g/mol. The molecule has 2 unspecified atom stereocenters. The van der Waals surface area contributed by atoms with E-state index in [1.807, 2.05) is 54.5 Å². The molecular weight excluding hydrogens is 410 g/mol. The lowest BCUT2D eigenvalue weighted by molar-refractivity contribution is -0.0755. The van der Waals surface area contributed by atoms with Gasteiger partial charge in [-0.2, -0.15) is 0 Å². The highest BCUT2D eigenvalue weighted by Crippen LogP contribution is 2.33. The summed E-state index contributed by atoms with van der Waals surface area (Å²) in [4.78, 5) is 30.6. The fraction of sp³-hybridized carbons (Fsp3) is 0.609. The van der Waals surface area contributed by atoms with E-state index in [4.69, 9.17) is 15.2 Å². The fourth-order valence-corrected chi connectivity index (χ4v) is 3.66. The molecule has 4 N–H and O–H groups in total. The maximum atomic E-state index is 12.9. The highest BCUT2D eigenvalue weighted by atomic mass is 16.6. The van der Waals surface area contributed by atoms with Gasteiger partial charge in [0.1, 0.15) is 11.3 Å². The van der Waals surface area contributed by atoms with Crippen LogP contribution in [0.2, 0.25) is 0 Å². The first-order valence-corrected chi connectivity index (χ1v) is 10.9. The predicted molar refractivity (Wildman–Crippen MR) is 124 cm³/mol. The zero-order chi connectivity index (χ0) is 24.1. The lowest BCUT2D eigenvalue weighted by Gasteiger charge is -2.35. The second-order valence-electron chi connectivity index (χ2n) is 9.33. The van der Waals surface area contributed by atoms with Crippen LogP contribution in [0.4, 0.5) is 4.79 Å². The molecule has 32 heavy (non-hydrogen) atoms. The second-order valence-corrected chi connectivity index (χ2v) is 9.33. The van der Waals surface area contributed by atoms with E-state index in [0.717, 1.165) is 5.56 Å². The van der Waals surface area contributed by atoms with Gasteiger partial charge in [-0.3, -0.25) is 9.69 Å². The smallest absolute Gasteiger partial charge is 0.412 e. The Labute approximate surface area is 190 Å². The van der Waals surface area contributed by atoms with E-state index in [0.29, 0.717) is 31.2 Å². The van der Waals surface area contributed by atoms with Crippen molar-refractivity contribution in [1.82, 2.24) is 15.5 Å². The van der Waals surface area contributed by atoms with Gasteiger partial charge in [0.05, 0.1) is 18.7 Å². The number of nitrogens with two attached hydrogens (primary N) is 1. The maximum absolute atomic E-state index is 12.9. The van der Waals surface area contributed by atoms with Crippen molar-refractivity contribution in [1.29, 1.82) is 0 Å². The standard InChI is InChI=1S/C23H37N5O4/c1-8-25-20(26-13-16-10-9-11-17(12-16)19(24)29)27-14-18-15(2)31-23(6,7)28(18)21(30)32-22(3,4)5/h9-12,15,18H,8,13-14H2,1-7H3,(H2,24,29)(H2,25,26,27). The topological polar surface area (TPSA) is 118 Å². The molecule has 0 spiro atoms. The van der Waals surface area contributed by atoms with Crippen LogP contribution in [0, 0.1) is 0 Å². The molecule has 0 aliphatic carbocycles. The van der Waals surface area contributed by atoms with Crippen molar-refractivity contribution in [2.45, 2.75) is 78.5 Å². The van der Waals surface area contributed by atoms with Crippen LogP contribution in [0.15, 0.2) is 29.3 Å². The minimum Gasteiger partial charge on any atom is -0.444 e. The highest BCUT2D eigenvalue weighted by Gasteiger charge is 2.49. The van der Waals surface area contributed by atoms with Gasteiger partial charge in [0.15, 0.2) is 5.96 Å². The van der Waals surface area contributed by atoms with E-state index in [9.17, 15) is 9.59 Å². The first-order chi connectivity index (χ1) is 14.8. The Morgan fingerprint density at radius 3 is 2.56 bits per heavy atom. The zero-order valence-electron chi connectivity index (χ0n) is 20.2. The molecule has 9 heteroatoms. The van der Waals surface area contributed by atoms with Crippen molar-refractivity contribution in [2.75, 3.05) is 13.1 Å². The van der Waals surface area contributed by atoms with Crippen molar-refractivity contribution in [3.05, 3.63) is 35.4 Å². The largest absolute Gasteiger partial charge is 0.444 e. The van der Waals surface area contributed by atoms with E-state index < -0.39 is 23.3 Å². The van der Waals surface area contributed by atoms with Crippen molar-refractivity contribution in [3.63, 3.8) is 0 Å². The van der Waals surface area contributed by atoms with Gasteiger partial charge < -0.3 is 25.8 Å². The van der Waals surface area contributed by atoms with Crippen LogP contribution in [-0.4, -0.2) is 59.4 Å². The Balaban J connectivity index is 2.13. The molecule has 1 aromatic rings. The molecule has 178 valence electrons. The third kappa shape index (κ3) is 6.85. The number of nitrogens with one attached hydrogen (secondary N) is 2. The first kappa shape index (κ1) is 25.5. The van der Waals surface area contributed by atoms with Crippen LogP contribution in [0.25, 0.3) is 0 Å². The number of benzene rings is 1. The Kier molecular flexibility index (Phi) is 8.12. The van der Waals surface area contributed by atoms with E-state index in [-0.39, 0.29) is 12.1 Å².